The van der Waals surface area contributed by atoms with Crippen LogP contribution < -0.4 is 9.47 Å². The van der Waals surface area contributed by atoms with Gasteiger partial charge in [0.15, 0.2) is 11.5 Å². The molecule has 3 rings (SSSR count). The molecule has 5 heteroatoms. The van der Waals surface area contributed by atoms with Crippen molar-refractivity contribution in [2.24, 2.45) is 17.8 Å². The average molecular weight is 280 g/mol. The number of carbonyl (C=O) groups is 1. The number of halogens is 1. The minimum atomic E-state index is -0.746. The van der Waals surface area contributed by atoms with Crippen molar-refractivity contribution < 1.29 is 23.8 Å². The van der Waals surface area contributed by atoms with Gasteiger partial charge in [-0.25, -0.2) is 4.39 Å². The number of rotatable bonds is 4. The Morgan fingerprint density at radius 3 is 2.65 bits per heavy atom. The number of carboxylic acids is 1. The largest absolute Gasteiger partial charge is 0.486 e. The van der Waals surface area contributed by atoms with Gasteiger partial charge in [-0.1, -0.05) is 6.92 Å². The summed E-state index contributed by atoms with van der Waals surface area (Å²) in [6.45, 7) is 2.88. The van der Waals surface area contributed by atoms with Crippen LogP contribution in [0, 0.1) is 23.6 Å². The molecule has 0 radical (unpaired) electrons. The second kappa shape index (κ2) is 4.96. The molecule has 0 amide bonds. The van der Waals surface area contributed by atoms with Gasteiger partial charge in [-0.2, -0.15) is 0 Å². The van der Waals surface area contributed by atoms with Gasteiger partial charge in [0.2, 0.25) is 0 Å². The summed E-state index contributed by atoms with van der Waals surface area (Å²) in [7, 11) is 0. The summed E-state index contributed by atoms with van der Waals surface area (Å²) in [6.07, 6.45) is 1.22. The lowest BCUT2D eigenvalue weighted by Gasteiger charge is -2.20. The monoisotopic (exact) mass is 280 g/mol. The fourth-order valence-corrected chi connectivity index (χ4v) is 2.89. The Bertz CT molecular complexity index is 543. The molecule has 1 aromatic rings. The molecule has 1 fully saturated rings. The van der Waals surface area contributed by atoms with Gasteiger partial charge in [0.1, 0.15) is 19.0 Å². The Kier molecular flexibility index (Phi) is 3.28. The molecule has 0 spiro atoms. The summed E-state index contributed by atoms with van der Waals surface area (Å²) >= 11 is 0. The fraction of sp³-hybridized carbons (Fsp3) is 0.533. The van der Waals surface area contributed by atoms with Crippen molar-refractivity contribution in [1.29, 1.82) is 0 Å². The quantitative estimate of drug-likeness (QED) is 0.920. The van der Waals surface area contributed by atoms with E-state index in [9.17, 15) is 9.18 Å². The summed E-state index contributed by atoms with van der Waals surface area (Å²) in [6, 6.07) is 3.04. The maximum Gasteiger partial charge on any atom is 0.306 e. The van der Waals surface area contributed by atoms with Crippen molar-refractivity contribution in [1.82, 2.24) is 0 Å². The van der Waals surface area contributed by atoms with Gasteiger partial charge in [-0.05, 0) is 36.3 Å². The van der Waals surface area contributed by atoms with Gasteiger partial charge in [-0.15, -0.1) is 0 Å². The molecule has 1 heterocycles. The molecule has 108 valence electrons. The molecule has 4 nitrogen and oxygen atoms in total. The van der Waals surface area contributed by atoms with E-state index in [0.29, 0.717) is 43.1 Å². The Balaban J connectivity index is 1.73. The van der Waals surface area contributed by atoms with Crippen molar-refractivity contribution in [3.8, 4) is 11.5 Å². The fourth-order valence-electron chi connectivity index (χ4n) is 2.89. The summed E-state index contributed by atoms with van der Waals surface area (Å²) < 4.78 is 24.8. The lowest BCUT2D eigenvalue weighted by atomic mass is 9.95. The van der Waals surface area contributed by atoms with E-state index in [1.807, 2.05) is 6.92 Å². The van der Waals surface area contributed by atoms with Crippen molar-refractivity contribution in [3.63, 3.8) is 0 Å². The Labute approximate surface area is 116 Å². The van der Waals surface area contributed by atoms with Crippen molar-refractivity contribution >= 4 is 5.97 Å². The van der Waals surface area contributed by atoms with Gasteiger partial charge in [0, 0.05) is 6.07 Å². The van der Waals surface area contributed by atoms with Crippen LogP contribution in [-0.2, 0) is 11.2 Å². The van der Waals surface area contributed by atoms with Crippen LogP contribution in [0.5, 0.6) is 11.5 Å². The minimum Gasteiger partial charge on any atom is -0.486 e. The van der Waals surface area contributed by atoms with Crippen LogP contribution in [0.1, 0.15) is 18.9 Å². The molecule has 2 aliphatic rings. The maximum atomic E-state index is 14.0. The average Bonchev–Trinajstić information content (AvgIpc) is 3.20. The highest BCUT2D eigenvalue weighted by molar-refractivity contribution is 5.73. The first-order valence-corrected chi connectivity index (χ1v) is 6.87. The zero-order chi connectivity index (χ0) is 14.3. The topological polar surface area (TPSA) is 55.8 Å². The molecule has 3 unspecified atom stereocenters. The third kappa shape index (κ3) is 2.44. The highest BCUT2D eigenvalue weighted by Crippen LogP contribution is 2.46. The number of fused-ring (bicyclic) bond motifs is 1. The molecule has 1 saturated carbocycles. The maximum absolute atomic E-state index is 14.0. The molecular weight excluding hydrogens is 263 g/mol. The van der Waals surface area contributed by atoms with Crippen molar-refractivity contribution in [3.05, 3.63) is 23.5 Å². The third-order valence-electron chi connectivity index (χ3n) is 4.14. The highest BCUT2D eigenvalue weighted by Gasteiger charge is 2.46. The summed E-state index contributed by atoms with van der Waals surface area (Å²) in [5.41, 5.74) is 0.567. The number of aliphatic carboxylic acids is 1. The number of ether oxygens (including phenoxy) is 2. The van der Waals surface area contributed by atoms with E-state index in [4.69, 9.17) is 14.6 Å². The van der Waals surface area contributed by atoms with E-state index in [0.717, 1.165) is 0 Å². The normalized spacial score (nSPS) is 25.1. The molecule has 0 bridgehead atoms. The molecule has 0 aromatic heterocycles. The lowest BCUT2D eigenvalue weighted by Crippen LogP contribution is -2.16. The zero-order valence-electron chi connectivity index (χ0n) is 11.3. The first-order valence-electron chi connectivity index (χ1n) is 6.87. The van der Waals surface area contributed by atoms with E-state index < -0.39 is 5.97 Å². The predicted molar refractivity (Wildman–Crippen MR) is 69.5 cm³/mol. The third-order valence-corrected chi connectivity index (χ3v) is 4.14. The molecule has 20 heavy (non-hydrogen) atoms. The first-order chi connectivity index (χ1) is 9.56. The van der Waals surface area contributed by atoms with E-state index in [1.54, 1.807) is 6.07 Å². The van der Waals surface area contributed by atoms with Crippen molar-refractivity contribution in [2.75, 3.05) is 13.2 Å². The van der Waals surface area contributed by atoms with Crippen LogP contribution in [0.4, 0.5) is 4.39 Å². The van der Waals surface area contributed by atoms with Crippen LogP contribution in [0.25, 0.3) is 0 Å². The number of hydrogen-bond acceptors (Lipinski definition) is 3. The highest BCUT2D eigenvalue weighted by atomic mass is 19.1. The van der Waals surface area contributed by atoms with Gasteiger partial charge in [-0.3, -0.25) is 4.79 Å². The molecule has 1 aliphatic heterocycles. The van der Waals surface area contributed by atoms with E-state index in [1.165, 1.54) is 6.07 Å². The summed E-state index contributed by atoms with van der Waals surface area (Å²) in [5, 5.41) is 8.94. The molecule has 3 atom stereocenters. The Morgan fingerprint density at radius 2 is 2.05 bits per heavy atom. The summed E-state index contributed by atoms with van der Waals surface area (Å²) in [5.74, 6) is 0.00192. The SMILES string of the molecule is CC(Cc1cc2c(cc1F)OCCO2)C1CC1C(=O)O. The van der Waals surface area contributed by atoms with Crippen LogP contribution in [0.15, 0.2) is 12.1 Å². The van der Waals surface area contributed by atoms with Crippen molar-refractivity contribution in [2.45, 2.75) is 19.8 Å². The second-order valence-corrected chi connectivity index (χ2v) is 5.61. The second-order valence-electron chi connectivity index (χ2n) is 5.61. The number of hydrogen-bond donors (Lipinski definition) is 1. The van der Waals surface area contributed by atoms with Gasteiger partial charge in [0.25, 0.3) is 0 Å². The molecule has 1 N–H and O–H groups in total. The number of carboxylic acid groups (broad SMARTS) is 1. The molecule has 0 saturated heterocycles. The van der Waals surface area contributed by atoms with Crippen LogP contribution in [0.3, 0.4) is 0 Å². The van der Waals surface area contributed by atoms with E-state index >= 15 is 0 Å². The minimum absolute atomic E-state index is 0.146. The van der Waals surface area contributed by atoms with Crippen LogP contribution in [-0.4, -0.2) is 24.3 Å². The van der Waals surface area contributed by atoms with Gasteiger partial charge in [0.05, 0.1) is 5.92 Å². The summed E-state index contributed by atoms with van der Waals surface area (Å²) in [4.78, 5) is 10.9. The van der Waals surface area contributed by atoms with Gasteiger partial charge < -0.3 is 14.6 Å². The van der Waals surface area contributed by atoms with E-state index in [2.05, 4.69) is 0 Å². The van der Waals surface area contributed by atoms with Crippen LogP contribution in [0.2, 0.25) is 0 Å². The smallest absolute Gasteiger partial charge is 0.306 e. The molecule has 1 aliphatic carbocycles. The number of benzene rings is 1. The van der Waals surface area contributed by atoms with Gasteiger partial charge >= 0.3 is 5.97 Å². The Morgan fingerprint density at radius 1 is 1.40 bits per heavy atom. The molecular formula is C15H17FO4. The standard InChI is InChI=1S/C15H17FO4/c1-8(10-6-11(10)15(17)18)4-9-5-13-14(7-12(9)16)20-3-2-19-13/h5,7-8,10-11H,2-4,6H2,1H3,(H,17,18). The van der Waals surface area contributed by atoms with Crippen LogP contribution >= 0.6 is 0 Å². The van der Waals surface area contributed by atoms with E-state index in [-0.39, 0.29) is 23.6 Å². The lowest BCUT2D eigenvalue weighted by molar-refractivity contribution is -0.139. The zero-order valence-corrected chi connectivity index (χ0v) is 11.3. The predicted octanol–water partition coefficient (Wildman–Crippen LogP) is 2.50. The molecule has 1 aromatic carbocycles. The first kappa shape index (κ1) is 13.2. The Hall–Kier alpha value is -1.78.